The molecule has 35 heavy (non-hydrogen) atoms. The molecular weight excluding hydrogens is 468 g/mol. The van der Waals surface area contributed by atoms with Gasteiger partial charge in [0.15, 0.2) is 0 Å². The largest absolute Gasteiger partial charge is 0.512 e. The number of aryl methyl sites for hydroxylation is 1. The van der Waals surface area contributed by atoms with Crippen molar-refractivity contribution in [2.75, 3.05) is 0 Å². The number of thiophene rings is 2. The van der Waals surface area contributed by atoms with E-state index in [4.69, 9.17) is 0 Å². The second kappa shape index (κ2) is 8.56. The first-order valence-electron chi connectivity index (χ1n) is 11.6. The van der Waals surface area contributed by atoms with E-state index in [2.05, 4.69) is 61.2 Å². The molecule has 2 nitrogen and oxygen atoms in total. The predicted octanol–water partition coefficient (Wildman–Crippen LogP) is 9.67. The smallest absolute Gasteiger partial charge is 0.123 e. The second-order valence-corrected chi connectivity index (χ2v) is 11.1. The highest BCUT2D eigenvalue weighted by Gasteiger charge is 2.16. The summed E-state index contributed by atoms with van der Waals surface area (Å²) in [6, 6.07) is 20.8. The molecule has 2 heterocycles. The molecule has 0 saturated carbocycles. The number of aliphatic hydroxyl groups is 2. The Balaban J connectivity index is 1.39. The van der Waals surface area contributed by atoms with Crippen LogP contribution in [0, 0.1) is 0 Å². The Kier molecular flexibility index (Phi) is 5.36. The summed E-state index contributed by atoms with van der Waals surface area (Å²) in [6.07, 6.45) is 8.21. The molecule has 0 fully saturated rings. The Bertz CT molecular complexity index is 1740. The van der Waals surface area contributed by atoms with Gasteiger partial charge in [0.05, 0.1) is 5.76 Å². The zero-order valence-corrected chi connectivity index (χ0v) is 21.0. The third kappa shape index (κ3) is 3.79. The van der Waals surface area contributed by atoms with E-state index in [1.165, 1.54) is 35.3 Å². The summed E-state index contributed by atoms with van der Waals surface area (Å²) in [6.45, 7) is 5.83. The molecule has 2 aromatic heterocycles. The van der Waals surface area contributed by atoms with Crippen LogP contribution >= 0.6 is 22.7 Å². The Morgan fingerprint density at radius 2 is 1.57 bits per heavy atom. The van der Waals surface area contributed by atoms with E-state index >= 15 is 0 Å². The van der Waals surface area contributed by atoms with E-state index < -0.39 is 0 Å². The quantitative estimate of drug-likeness (QED) is 0.194. The van der Waals surface area contributed by atoms with Crippen molar-refractivity contribution < 1.29 is 10.2 Å². The maximum Gasteiger partial charge on any atom is 0.123 e. The van der Waals surface area contributed by atoms with E-state index in [0.29, 0.717) is 11.1 Å². The molecule has 1 aliphatic rings. The zero-order valence-electron chi connectivity index (χ0n) is 19.3. The van der Waals surface area contributed by atoms with Crippen molar-refractivity contribution in [3.05, 3.63) is 112 Å². The average Bonchev–Trinajstić information content (AvgIpc) is 3.43. The first kappa shape index (κ1) is 21.9. The third-order valence-corrected chi connectivity index (χ3v) is 9.04. The molecule has 0 unspecified atom stereocenters. The van der Waals surface area contributed by atoms with Crippen molar-refractivity contribution in [3.8, 4) is 0 Å². The van der Waals surface area contributed by atoms with Crippen LogP contribution in [-0.2, 0) is 6.42 Å². The van der Waals surface area contributed by atoms with Gasteiger partial charge in [-0.1, -0.05) is 49.1 Å². The zero-order chi connectivity index (χ0) is 24.1. The summed E-state index contributed by atoms with van der Waals surface area (Å²) >= 11 is 3.60. The lowest BCUT2D eigenvalue weighted by atomic mass is 9.96. The van der Waals surface area contributed by atoms with Crippen LogP contribution in [0.2, 0.25) is 0 Å². The fourth-order valence-corrected chi connectivity index (χ4v) is 7.08. The molecule has 0 bridgehead atoms. The lowest BCUT2D eigenvalue weighted by molar-refractivity contribution is 0.415. The third-order valence-electron chi connectivity index (χ3n) is 6.64. The monoisotopic (exact) mass is 492 g/mol. The molecule has 0 atom stereocenters. The first-order valence-corrected chi connectivity index (χ1v) is 13.3. The molecule has 5 aromatic rings. The number of hydrogen-bond acceptors (Lipinski definition) is 4. The van der Waals surface area contributed by atoms with E-state index in [1.807, 2.05) is 29.5 Å². The van der Waals surface area contributed by atoms with Gasteiger partial charge in [0.25, 0.3) is 0 Å². The minimum absolute atomic E-state index is 0.0413. The van der Waals surface area contributed by atoms with Crippen molar-refractivity contribution >= 4 is 70.2 Å². The van der Waals surface area contributed by atoms with Crippen molar-refractivity contribution in [3.63, 3.8) is 0 Å². The maximum absolute atomic E-state index is 11.1. The topological polar surface area (TPSA) is 40.5 Å². The lowest BCUT2D eigenvalue weighted by Gasteiger charge is -2.10. The molecule has 6 rings (SSSR count). The summed E-state index contributed by atoms with van der Waals surface area (Å²) in [5.41, 5.74) is 4.13. The summed E-state index contributed by atoms with van der Waals surface area (Å²) in [7, 11) is 0. The van der Waals surface area contributed by atoms with Gasteiger partial charge in [0.2, 0.25) is 0 Å². The fraction of sp³-hybridized carbons (Fsp3) is 0.0968. The Labute approximate surface area is 212 Å². The van der Waals surface area contributed by atoms with Gasteiger partial charge in [0.1, 0.15) is 5.76 Å². The van der Waals surface area contributed by atoms with E-state index in [-0.39, 0.29) is 11.5 Å². The number of aliphatic hydroxyl groups excluding tert-OH is 2. The van der Waals surface area contributed by atoms with Crippen LogP contribution in [-0.4, -0.2) is 10.2 Å². The molecule has 0 saturated heterocycles. The molecule has 0 spiro atoms. The molecular formula is C31H24O2S2. The summed E-state index contributed by atoms with van der Waals surface area (Å²) in [5, 5.41) is 25.2. The Morgan fingerprint density at radius 3 is 2.40 bits per heavy atom. The normalized spacial score (nSPS) is 14.5. The maximum atomic E-state index is 11.1. The molecule has 0 aliphatic heterocycles. The number of benzene rings is 3. The highest BCUT2D eigenvalue weighted by atomic mass is 32.1. The van der Waals surface area contributed by atoms with Crippen LogP contribution in [0.15, 0.2) is 90.9 Å². The van der Waals surface area contributed by atoms with E-state index in [9.17, 15) is 10.2 Å². The number of fused-ring (bicyclic) bond motifs is 6. The van der Waals surface area contributed by atoms with Gasteiger partial charge in [-0.15, -0.1) is 22.7 Å². The van der Waals surface area contributed by atoms with Crippen molar-refractivity contribution in [2.45, 2.75) is 19.8 Å². The van der Waals surface area contributed by atoms with Gasteiger partial charge in [-0.3, -0.25) is 0 Å². The fourth-order valence-electron chi connectivity index (χ4n) is 4.80. The number of allylic oxidation sites excluding steroid dienone is 5. The highest BCUT2D eigenvalue weighted by molar-refractivity contribution is 7.25. The van der Waals surface area contributed by atoms with Crippen molar-refractivity contribution in [1.29, 1.82) is 0 Å². The molecule has 2 N–H and O–H groups in total. The molecule has 4 heteroatoms. The van der Waals surface area contributed by atoms with Crippen molar-refractivity contribution in [1.82, 2.24) is 0 Å². The minimum Gasteiger partial charge on any atom is -0.512 e. The van der Waals surface area contributed by atoms with E-state index in [1.54, 1.807) is 24.3 Å². The Morgan fingerprint density at radius 1 is 0.857 bits per heavy atom. The van der Waals surface area contributed by atoms with Gasteiger partial charge in [0, 0.05) is 46.3 Å². The summed E-state index contributed by atoms with van der Waals surface area (Å²) in [4.78, 5) is 1.41. The summed E-state index contributed by atoms with van der Waals surface area (Å²) in [5.74, 6) is 0.197. The molecule has 172 valence electrons. The van der Waals surface area contributed by atoms with Gasteiger partial charge < -0.3 is 10.2 Å². The van der Waals surface area contributed by atoms with Crippen LogP contribution in [0.1, 0.15) is 34.9 Å². The van der Waals surface area contributed by atoms with Crippen LogP contribution in [0.4, 0.5) is 0 Å². The van der Waals surface area contributed by atoms with Crippen LogP contribution < -0.4 is 0 Å². The first-order chi connectivity index (χ1) is 17.0. The van der Waals surface area contributed by atoms with E-state index in [0.717, 1.165) is 29.4 Å². The standard InChI is InChI=1S/C31H24O2S2/c1-18(20-11-13-30-25(15-20)22-7-3-5-9-28(22)34-30)27(33)17-24(19(2)32)21-12-14-31-26(16-21)23-8-4-6-10-29(23)35-31/h3-5,7-9,11-17,32-33H,1,6,10H2,2H3/b24-19-,27-17+. The van der Waals surface area contributed by atoms with Crippen molar-refractivity contribution in [2.24, 2.45) is 0 Å². The minimum atomic E-state index is 0.0413. The van der Waals surface area contributed by atoms with Gasteiger partial charge in [-0.2, -0.15) is 0 Å². The molecule has 0 radical (unpaired) electrons. The average molecular weight is 493 g/mol. The Hall–Kier alpha value is -3.60. The lowest BCUT2D eigenvalue weighted by Crippen LogP contribution is -1.93. The molecule has 0 amide bonds. The van der Waals surface area contributed by atoms with Crippen LogP contribution in [0.25, 0.3) is 47.5 Å². The predicted molar refractivity (Wildman–Crippen MR) is 153 cm³/mol. The van der Waals surface area contributed by atoms with Gasteiger partial charge >= 0.3 is 0 Å². The SMILES string of the molecule is C=C(/C(O)=C\C(=C(/C)O)c1ccc2sc3c(c2c1)C=CCC3)c1ccc2sc3ccccc3c2c1. The number of rotatable bonds is 4. The highest BCUT2D eigenvalue weighted by Crippen LogP contribution is 2.39. The van der Waals surface area contributed by atoms with Gasteiger partial charge in [-0.25, -0.2) is 0 Å². The van der Waals surface area contributed by atoms with Gasteiger partial charge in [-0.05, 0) is 72.9 Å². The molecule has 3 aromatic carbocycles. The summed E-state index contributed by atoms with van der Waals surface area (Å²) < 4.78 is 3.70. The van der Waals surface area contributed by atoms with Crippen LogP contribution in [0.5, 0.6) is 0 Å². The second-order valence-electron chi connectivity index (χ2n) is 8.91. The number of hydrogen-bond donors (Lipinski definition) is 2. The molecule has 1 aliphatic carbocycles. The van der Waals surface area contributed by atoms with Crippen LogP contribution in [0.3, 0.4) is 0 Å².